The maximum Gasteiger partial charge on any atom is 0.168 e. The van der Waals surface area contributed by atoms with Crippen molar-refractivity contribution in [3.63, 3.8) is 0 Å². The summed E-state index contributed by atoms with van der Waals surface area (Å²) in [6.07, 6.45) is 3.72. The molecule has 1 aromatic carbocycles. The van der Waals surface area contributed by atoms with E-state index in [1.165, 1.54) is 13.4 Å². The normalized spacial score (nSPS) is 22.8. The summed E-state index contributed by atoms with van der Waals surface area (Å²) in [5.74, 6) is 0.204. The third-order valence-electron chi connectivity index (χ3n) is 4.13. The van der Waals surface area contributed by atoms with Crippen molar-refractivity contribution in [2.45, 2.75) is 30.9 Å². The van der Waals surface area contributed by atoms with Crippen LogP contribution in [0.1, 0.15) is 36.0 Å². The third-order valence-corrected chi connectivity index (χ3v) is 5.77. The number of Topliss-reactive ketones (excluding diaryl/α,β-unsaturated/α-hetero) is 1. The van der Waals surface area contributed by atoms with Gasteiger partial charge in [-0.25, -0.2) is 8.42 Å². The molecular formula is C15H21NO4S. The van der Waals surface area contributed by atoms with Crippen LogP contribution in [-0.4, -0.2) is 32.8 Å². The Bertz CT molecular complexity index is 639. The van der Waals surface area contributed by atoms with Crippen LogP contribution >= 0.6 is 0 Å². The van der Waals surface area contributed by atoms with Crippen LogP contribution in [0.2, 0.25) is 0 Å². The van der Waals surface area contributed by atoms with Crippen LogP contribution in [0.4, 0.5) is 5.69 Å². The maximum absolute atomic E-state index is 12.6. The van der Waals surface area contributed by atoms with Crippen LogP contribution in [0.15, 0.2) is 18.2 Å². The molecule has 0 amide bonds. The van der Waals surface area contributed by atoms with E-state index in [0.717, 1.165) is 6.42 Å². The molecule has 0 saturated heterocycles. The van der Waals surface area contributed by atoms with Crippen LogP contribution in [0.5, 0.6) is 5.75 Å². The van der Waals surface area contributed by atoms with Gasteiger partial charge in [-0.3, -0.25) is 4.79 Å². The second-order valence-corrected chi connectivity index (χ2v) is 7.96. The molecule has 1 aliphatic carbocycles. The summed E-state index contributed by atoms with van der Waals surface area (Å²) in [6.45, 7) is 0. The number of rotatable bonds is 4. The summed E-state index contributed by atoms with van der Waals surface area (Å²) < 4.78 is 28.5. The van der Waals surface area contributed by atoms with E-state index in [1.807, 2.05) is 0 Å². The zero-order valence-electron chi connectivity index (χ0n) is 12.3. The Kier molecular flexibility index (Phi) is 4.56. The Labute approximate surface area is 125 Å². The first-order chi connectivity index (χ1) is 9.82. The number of anilines is 1. The van der Waals surface area contributed by atoms with Crippen molar-refractivity contribution in [1.29, 1.82) is 0 Å². The summed E-state index contributed by atoms with van der Waals surface area (Å²) in [5.41, 5.74) is 6.71. The van der Waals surface area contributed by atoms with Gasteiger partial charge >= 0.3 is 0 Å². The largest absolute Gasteiger partial charge is 0.497 e. The first-order valence-electron chi connectivity index (χ1n) is 6.99. The highest BCUT2D eigenvalue weighted by molar-refractivity contribution is 7.91. The van der Waals surface area contributed by atoms with Gasteiger partial charge in [-0.2, -0.15) is 0 Å². The minimum atomic E-state index is -3.11. The number of carbonyl (C=O) groups excluding carboxylic acids is 1. The van der Waals surface area contributed by atoms with Crippen molar-refractivity contribution in [1.82, 2.24) is 0 Å². The first kappa shape index (κ1) is 15.8. The highest BCUT2D eigenvalue weighted by atomic mass is 32.2. The Balaban J connectivity index is 2.24. The number of hydrogen-bond acceptors (Lipinski definition) is 5. The van der Waals surface area contributed by atoms with Crippen molar-refractivity contribution in [2.24, 2.45) is 5.92 Å². The molecule has 116 valence electrons. The average molecular weight is 311 g/mol. The highest BCUT2D eigenvalue weighted by Crippen LogP contribution is 2.32. The molecule has 1 aliphatic rings. The van der Waals surface area contributed by atoms with Gasteiger partial charge in [-0.1, -0.05) is 6.42 Å². The number of methoxy groups -OCH3 is 1. The van der Waals surface area contributed by atoms with Crippen molar-refractivity contribution in [3.8, 4) is 5.75 Å². The second-order valence-electron chi connectivity index (χ2n) is 5.63. The van der Waals surface area contributed by atoms with Crippen molar-refractivity contribution in [3.05, 3.63) is 23.8 Å². The summed E-state index contributed by atoms with van der Waals surface area (Å²) >= 11 is 0. The minimum absolute atomic E-state index is 0.0836. The Morgan fingerprint density at radius 3 is 2.67 bits per heavy atom. The zero-order valence-corrected chi connectivity index (χ0v) is 13.2. The average Bonchev–Trinajstić information content (AvgIpc) is 2.46. The number of carbonyl (C=O) groups is 1. The molecule has 2 unspecified atom stereocenters. The molecule has 6 heteroatoms. The standard InChI is InChI=1S/C15H21NO4S/c1-20-11-6-7-14(16)13(9-11)15(17)10-4-3-5-12(8-10)21(2,18)19/h6-7,9-10,12H,3-5,8,16H2,1-2H3. The molecule has 0 radical (unpaired) electrons. The van der Waals surface area contributed by atoms with Crippen LogP contribution in [0.3, 0.4) is 0 Å². The number of nitrogens with two attached hydrogens (primary N) is 1. The van der Waals surface area contributed by atoms with Gasteiger partial charge in [0.25, 0.3) is 0 Å². The molecule has 1 saturated carbocycles. The first-order valence-corrected chi connectivity index (χ1v) is 8.95. The van der Waals surface area contributed by atoms with Crippen LogP contribution in [-0.2, 0) is 9.84 Å². The molecule has 1 aromatic rings. The molecule has 0 bridgehead atoms. The lowest BCUT2D eigenvalue weighted by atomic mass is 9.83. The van der Waals surface area contributed by atoms with Gasteiger partial charge in [0.05, 0.1) is 12.4 Å². The van der Waals surface area contributed by atoms with E-state index >= 15 is 0 Å². The molecule has 0 heterocycles. The lowest BCUT2D eigenvalue weighted by Gasteiger charge is -2.27. The Morgan fingerprint density at radius 1 is 1.33 bits per heavy atom. The van der Waals surface area contributed by atoms with E-state index in [0.29, 0.717) is 36.3 Å². The lowest BCUT2D eigenvalue weighted by molar-refractivity contribution is 0.0891. The minimum Gasteiger partial charge on any atom is -0.497 e. The summed E-state index contributed by atoms with van der Waals surface area (Å²) in [4.78, 5) is 12.6. The number of benzene rings is 1. The summed E-state index contributed by atoms with van der Waals surface area (Å²) in [5, 5.41) is -0.424. The molecule has 2 atom stereocenters. The highest BCUT2D eigenvalue weighted by Gasteiger charge is 2.33. The second kappa shape index (κ2) is 6.05. The number of ether oxygens (including phenoxy) is 1. The number of ketones is 1. The molecule has 21 heavy (non-hydrogen) atoms. The van der Waals surface area contributed by atoms with E-state index in [1.54, 1.807) is 18.2 Å². The van der Waals surface area contributed by atoms with Gasteiger partial charge in [0.1, 0.15) is 15.6 Å². The molecule has 2 N–H and O–H groups in total. The van der Waals surface area contributed by atoms with E-state index in [9.17, 15) is 13.2 Å². The van der Waals surface area contributed by atoms with E-state index in [4.69, 9.17) is 10.5 Å². The molecule has 5 nitrogen and oxygen atoms in total. The van der Waals surface area contributed by atoms with E-state index in [2.05, 4.69) is 0 Å². The fraction of sp³-hybridized carbons (Fsp3) is 0.533. The maximum atomic E-state index is 12.6. The van der Waals surface area contributed by atoms with Gasteiger partial charge in [0, 0.05) is 23.4 Å². The Morgan fingerprint density at radius 2 is 2.05 bits per heavy atom. The van der Waals surface area contributed by atoms with Crippen LogP contribution in [0, 0.1) is 5.92 Å². The smallest absolute Gasteiger partial charge is 0.168 e. The van der Waals surface area contributed by atoms with Crippen LogP contribution < -0.4 is 10.5 Å². The summed E-state index contributed by atoms with van der Waals surface area (Å²) in [7, 11) is -1.58. The van der Waals surface area contributed by atoms with Gasteiger partial charge < -0.3 is 10.5 Å². The molecule has 0 aromatic heterocycles. The number of hydrogen-bond donors (Lipinski definition) is 1. The molecular weight excluding hydrogens is 290 g/mol. The van der Waals surface area contributed by atoms with Crippen LogP contribution in [0.25, 0.3) is 0 Å². The predicted molar refractivity (Wildman–Crippen MR) is 82.3 cm³/mol. The lowest BCUT2D eigenvalue weighted by Crippen LogP contribution is -2.31. The fourth-order valence-corrected chi connectivity index (χ4v) is 4.04. The summed E-state index contributed by atoms with van der Waals surface area (Å²) in [6, 6.07) is 4.97. The van der Waals surface area contributed by atoms with Crippen molar-refractivity contribution in [2.75, 3.05) is 19.1 Å². The van der Waals surface area contributed by atoms with Crippen molar-refractivity contribution < 1.29 is 17.9 Å². The molecule has 1 fully saturated rings. The number of sulfone groups is 1. The Hall–Kier alpha value is -1.56. The SMILES string of the molecule is COc1ccc(N)c(C(=O)C2CCCC(S(C)(=O)=O)C2)c1. The van der Waals surface area contributed by atoms with Crippen molar-refractivity contribution >= 4 is 21.3 Å². The predicted octanol–water partition coefficient (Wildman–Crippen LogP) is 2.06. The van der Waals surface area contributed by atoms with E-state index < -0.39 is 15.1 Å². The molecule has 0 spiro atoms. The zero-order chi connectivity index (χ0) is 15.6. The molecule has 2 rings (SSSR count). The number of nitrogen functional groups attached to an aromatic ring is 1. The quantitative estimate of drug-likeness (QED) is 0.679. The van der Waals surface area contributed by atoms with Gasteiger partial charge in [0.15, 0.2) is 5.78 Å². The van der Waals surface area contributed by atoms with Gasteiger partial charge in [0.2, 0.25) is 0 Å². The molecule has 0 aliphatic heterocycles. The van der Waals surface area contributed by atoms with Gasteiger partial charge in [-0.15, -0.1) is 0 Å². The third kappa shape index (κ3) is 3.56. The topological polar surface area (TPSA) is 86.5 Å². The monoisotopic (exact) mass is 311 g/mol. The fourth-order valence-electron chi connectivity index (χ4n) is 2.87. The van der Waals surface area contributed by atoms with Gasteiger partial charge in [-0.05, 0) is 37.5 Å². The van der Waals surface area contributed by atoms with E-state index in [-0.39, 0.29) is 11.7 Å².